The minimum absolute atomic E-state index is 0.0968. The van der Waals surface area contributed by atoms with Gasteiger partial charge in [0.2, 0.25) is 5.88 Å². The van der Waals surface area contributed by atoms with Crippen molar-refractivity contribution in [3.8, 4) is 6.07 Å². The second-order valence-electron chi connectivity index (χ2n) is 5.27. The monoisotopic (exact) mass is 316 g/mol. The first-order valence-electron chi connectivity index (χ1n) is 7.41. The van der Waals surface area contributed by atoms with E-state index in [1.165, 1.54) is 6.26 Å². The van der Waals surface area contributed by atoms with Crippen LogP contribution in [-0.4, -0.2) is 5.71 Å². The van der Waals surface area contributed by atoms with Crippen molar-refractivity contribution in [2.45, 2.75) is 5.92 Å². The molecule has 118 valence electrons. The quantitative estimate of drug-likeness (QED) is 0.517. The van der Waals surface area contributed by atoms with Crippen molar-refractivity contribution in [3.63, 3.8) is 0 Å². The zero-order chi connectivity index (χ0) is 16.9. The summed E-state index contributed by atoms with van der Waals surface area (Å²) < 4.78 is 5.39. The largest absolute Gasteiger partial charge is 0.448 e. The first kappa shape index (κ1) is 15.4. The second kappa shape index (κ2) is 6.71. The van der Waals surface area contributed by atoms with Gasteiger partial charge < -0.3 is 16.3 Å². The molecule has 4 N–H and O–H groups in total. The minimum atomic E-state index is -0.382. The smallest absolute Gasteiger partial charge is 0.204 e. The van der Waals surface area contributed by atoms with Crippen LogP contribution in [0.5, 0.6) is 0 Å². The molecule has 1 atom stereocenters. The Kier molecular flexibility index (Phi) is 4.30. The van der Waals surface area contributed by atoms with E-state index in [-0.39, 0.29) is 11.8 Å². The van der Waals surface area contributed by atoms with Gasteiger partial charge in [-0.2, -0.15) is 10.4 Å². The van der Waals surface area contributed by atoms with Crippen molar-refractivity contribution >= 4 is 5.71 Å². The Bertz CT molecular complexity index is 861. The van der Waals surface area contributed by atoms with E-state index in [1.807, 2.05) is 60.7 Å². The van der Waals surface area contributed by atoms with Gasteiger partial charge in [0.05, 0.1) is 17.9 Å². The van der Waals surface area contributed by atoms with Crippen LogP contribution in [0.1, 0.15) is 17.0 Å². The van der Waals surface area contributed by atoms with Gasteiger partial charge in [-0.15, -0.1) is 0 Å². The Morgan fingerprint density at radius 3 is 2.25 bits per heavy atom. The molecule has 1 heterocycles. The maximum atomic E-state index is 9.57. The van der Waals surface area contributed by atoms with Gasteiger partial charge in [0, 0.05) is 11.1 Å². The molecule has 5 nitrogen and oxygen atoms in total. The summed E-state index contributed by atoms with van der Waals surface area (Å²) in [5, 5.41) is 13.5. The van der Waals surface area contributed by atoms with Gasteiger partial charge in [-0.3, -0.25) is 0 Å². The number of nitrogens with two attached hydrogens (primary N) is 2. The first-order valence-corrected chi connectivity index (χ1v) is 7.41. The molecular formula is C19H16N4O. The lowest BCUT2D eigenvalue weighted by atomic mass is 9.81. The minimum Gasteiger partial charge on any atom is -0.448 e. The van der Waals surface area contributed by atoms with E-state index >= 15 is 0 Å². The highest BCUT2D eigenvalue weighted by Gasteiger charge is 2.31. The highest BCUT2D eigenvalue weighted by molar-refractivity contribution is 6.13. The first-order chi connectivity index (χ1) is 11.8. The molecule has 0 fully saturated rings. The van der Waals surface area contributed by atoms with Gasteiger partial charge in [-0.25, -0.2) is 0 Å². The fraction of sp³-hybridized carbons (Fsp3) is 0.0526. The van der Waals surface area contributed by atoms with Crippen molar-refractivity contribution < 1.29 is 4.74 Å². The summed E-state index contributed by atoms with van der Waals surface area (Å²) >= 11 is 0. The molecule has 0 amide bonds. The van der Waals surface area contributed by atoms with Crippen molar-refractivity contribution in [3.05, 3.63) is 95.1 Å². The molecule has 2 aromatic carbocycles. The fourth-order valence-corrected chi connectivity index (χ4v) is 2.77. The van der Waals surface area contributed by atoms with Gasteiger partial charge in [-0.1, -0.05) is 60.7 Å². The highest BCUT2D eigenvalue weighted by atomic mass is 16.5. The number of nitrogens with zero attached hydrogens (tertiary/aromatic N) is 2. The predicted molar refractivity (Wildman–Crippen MR) is 92.3 cm³/mol. The van der Waals surface area contributed by atoms with E-state index < -0.39 is 0 Å². The molecule has 0 aliphatic carbocycles. The third-order valence-electron chi connectivity index (χ3n) is 3.88. The van der Waals surface area contributed by atoms with Crippen molar-refractivity contribution in [1.29, 1.82) is 5.26 Å². The van der Waals surface area contributed by atoms with Gasteiger partial charge in [0.25, 0.3) is 0 Å². The zero-order valence-electron chi connectivity index (χ0n) is 12.9. The molecule has 24 heavy (non-hydrogen) atoms. The predicted octanol–water partition coefficient (Wildman–Crippen LogP) is 2.74. The second-order valence-corrected chi connectivity index (χ2v) is 5.27. The van der Waals surface area contributed by atoms with Crippen molar-refractivity contribution in [1.82, 2.24) is 0 Å². The SMILES string of the molecule is N#CC1=C(N)OC=C(/C(=N/N)c2ccccc2)C1c1ccccc1. The Balaban J connectivity index is 2.14. The van der Waals surface area contributed by atoms with E-state index in [0.717, 1.165) is 11.1 Å². The number of ether oxygens (including phenoxy) is 1. The molecule has 0 saturated heterocycles. The Morgan fingerprint density at radius 1 is 1.04 bits per heavy atom. The maximum Gasteiger partial charge on any atom is 0.204 e. The molecule has 3 rings (SSSR count). The molecular weight excluding hydrogens is 300 g/mol. The zero-order valence-corrected chi connectivity index (χ0v) is 12.9. The van der Waals surface area contributed by atoms with Crippen LogP contribution in [0.15, 0.2) is 89.1 Å². The summed E-state index contributed by atoms with van der Waals surface area (Å²) in [7, 11) is 0. The third kappa shape index (κ3) is 2.73. The van der Waals surface area contributed by atoms with E-state index in [2.05, 4.69) is 11.2 Å². The van der Waals surface area contributed by atoms with Gasteiger partial charge in [0.1, 0.15) is 11.6 Å². The molecule has 5 heteroatoms. The molecule has 0 radical (unpaired) electrons. The highest BCUT2D eigenvalue weighted by Crippen LogP contribution is 2.37. The fourth-order valence-electron chi connectivity index (χ4n) is 2.77. The van der Waals surface area contributed by atoms with Crippen LogP contribution in [0.4, 0.5) is 0 Å². The van der Waals surface area contributed by atoms with Gasteiger partial charge >= 0.3 is 0 Å². The lowest BCUT2D eigenvalue weighted by Crippen LogP contribution is -2.23. The van der Waals surface area contributed by atoms with Crippen molar-refractivity contribution in [2.75, 3.05) is 0 Å². The van der Waals surface area contributed by atoms with Crippen LogP contribution >= 0.6 is 0 Å². The number of nitriles is 1. The lowest BCUT2D eigenvalue weighted by Gasteiger charge is -2.25. The van der Waals surface area contributed by atoms with Crippen LogP contribution in [0, 0.1) is 11.3 Å². The van der Waals surface area contributed by atoms with Crippen LogP contribution in [0.3, 0.4) is 0 Å². The van der Waals surface area contributed by atoms with E-state index in [0.29, 0.717) is 16.9 Å². The maximum absolute atomic E-state index is 9.57. The standard InChI is InChI=1S/C19H16N4O/c20-11-15-17(13-7-3-1-4-8-13)16(12-24-19(15)21)18(23-22)14-9-5-2-6-10-14/h1-10,12,17H,21-22H2/b23-18+. The topological polar surface area (TPSA) is 97.4 Å². The molecule has 0 saturated carbocycles. The summed E-state index contributed by atoms with van der Waals surface area (Å²) in [4.78, 5) is 0. The Labute approximate surface area is 140 Å². The summed E-state index contributed by atoms with van der Waals surface area (Å²) in [6.45, 7) is 0. The Morgan fingerprint density at radius 2 is 1.67 bits per heavy atom. The number of hydrogen-bond acceptors (Lipinski definition) is 5. The molecule has 0 bridgehead atoms. The summed E-state index contributed by atoms with van der Waals surface area (Å²) in [6.07, 6.45) is 1.52. The summed E-state index contributed by atoms with van der Waals surface area (Å²) in [6, 6.07) is 21.3. The number of rotatable bonds is 3. The Hall–Kier alpha value is -3.52. The lowest BCUT2D eigenvalue weighted by molar-refractivity contribution is 0.326. The third-order valence-corrected chi connectivity index (χ3v) is 3.88. The van der Waals surface area contributed by atoms with E-state index in [4.69, 9.17) is 16.3 Å². The van der Waals surface area contributed by atoms with Crippen LogP contribution in [0.25, 0.3) is 0 Å². The molecule has 0 aromatic heterocycles. The number of hydrazone groups is 1. The number of benzene rings is 2. The normalized spacial score (nSPS) is 17.7. The molecule has 2 aromatic rings. The average Bonchev–Trinajstić information content (AvgIpc) is 2.64. The number of allylic oxidation sites excluding steroid dienone is 2. The number of hydrogen-bond donors (Lipinski definition) is 2. The average molecular weight is 316 g/mol. The van der Waals surface area contributed by atoms with Gasteiger partial charge in [-0.05, 0) is 5.56 Å². The summed E-state index contributed by atoms with van der Waals surface area (Å²) in [5.74, 6) is 5.37. The van der Waals surface area contributed by atoms with Crippen molar-refractivity contribution in [2.24, 2.45) is 16.7 Å². The molecule has 1 unspecified atom stereocenters. The van der Waals surface area contributed by atoms with E-state index in [9.17, 15) is 5.26 Å². The van der Waals surface area contributed by atoms with Gasteiger partial charge in [0.15, 0.2) is 0 Å². The van der Waals surface area contributed by atoms with Crippen LogP contribution < -0.4 is 11.6 Å². The molecule has 1 aliphatic rings. The van der Waals surface area contributed by atoms with E-state index in [1.54, 1.807) is 0 Å². The molecule has 0 spiro atoms. The summed E-state index contributed by atoms with van der Waals surface area (Å²) in [5.41, 5.74) is 9.24. The molecule has 1 aliphatic heterocycles. The van der Waals surface area contributed by atoms with Crippen LogP contribution in [0.2, 0.25) is 0 Å². The van der Waals surface area contributed by atoms with Crippen LogP contribution in [-0.2, 0) is 4.74 Å².